The average molecular weight is 301 g/mol. The Balaban J connectivity index is 1.76. The topological polar surface area (TPSA) is 41.1 Å². The maximum absolute atomic E-state index is 12.4. The normalized spacial score (nSPS) is 14.2. The Morgan fingerprint density at radius 3 is 2.90 bits per heavy atom. The highest BCUT2D eigenvalue weighted by atomic mass is 35.5. The van der Waals surface area contributed by atoms with E-state index in [-0.39, 0.29) is 11.9 Å². The third-order valence-corrected chi connectivity index (χ3v) is 4.14. The van der Waals surface area contributed by atoms with Gasteiger partial charge in [-0.05, 0) is 48.7 Å². The van der Waals surface area contributed by atoms with Gasteiger partial charge >= 0.3 is 0 Å². The summed E-state index contributed by atoms with van der Waals surface area (Å²) in [6.45, 7) is 2.88. The lowest BCUT2D eigenvalue weighted by atomic mass is 10.1. The number of hydrogen-bond acceptors (Lipinski definition) is 2. The number of amides is 1. The van der Waals surface area contributed by atoms with Crippen LogP contribution in [0.1, 0.15) is 34.5 Å². The molecule has 2 aromatic rings. The predicted octanol–water partition coefficient (Wildman–Crippen LogP) is 3.80. The van der Waals surface area contributed by atoms with Crippen molar-refractivity contribution in [3.05, 3.63) is 64.2 Å². The van der Waals surface area contributed by atoms with Crippen molar-refractivity contribution in [2.24, 2.45) is 0 Å². The third-order valence-electron chi connectivity index (χ3n) is 3.80. The molecule has 0 spiro atoms. The molecule has 3 nitrogen and oxygen atoms in total. The predicted molar refractivity (Wildman–Crippen MR) is 86.0 cm³/mol. The van der Waals surface area contributed by atoms with Crippen molar-refractivity contribution >= 4 is 23.2 Å². The van der Waals surface area contributed by atoms with Crippen molar-refractivity contribution in [3.63, 3.8) is 0 Å². The van der Waals surface area contributed by atoms with Crippen LogP contribution in [0.4, 0.5) is 5.69 Å². The van der Waals surface area contributed by atoms with Gasteiger partial charge in [0.05, 0.1) is 6.04 Å². The maximum atomic E-state index is 12.4. The molecule has 0 saturated carbocycles. The summed E-state index contributed by atoms with van der Waals surface area (Å²) in [6, 6.07) is 13.2. The first-order valence-corrected chi connectivity index (χ1v) is 7.45. The van der Waals surface area contributed by atoms with E-state index in [1.807, 2.05) is 49.4 Å². The molecular formula is C17H17ClN2O. The summed E-state index contributed by atoms with van der Waals surface area (Å²) in [5, 5.41) is 6.96. The van der Waals surface area contributed by atoms with Gasteiger partial charge in [0.2, 0.25) is 0 Å². The van der Waals surface area contributed by atoms with Crippen molar-refractivity contribution in [1.29, 1.82) is 0 Å². The Morgan fingerprint density at radius 2 is 2.10 bits per heavy atom. The van der Waals surface area contributed by atoms with E-state index >= 15 is 0 Å². The fraction of sp³-hybridized carbons (Fsp3) is 0.235. The van der Waals surface area contributed by atoms with Crippen LogP contribution in [0.3, 0.4) is 0 Å². The van der Waals surface area contributed by atoms with Crippen LogP contribution in [0, 0.1) is 0 Å². The lowest BCUT2D eigenvalue weighted by molar-refractivity contribution is 0.0940. The summed E-state index contributed by atoms with van der Waals surface area (Å²) in [6.07, 6.45) is 0.969. The molecule has 3 rings (SSSR count). The van der Waals surface area contributed by atoms with Gasteiger partial charge in [-0.1, -0.05) is 29.8 Å². The van der Waals surface area contributed by atoms with Gasteiger partial charge in [-0.3, -0.25) is 4.79 Å². The minimum absolute atomic E-state index is 0.0721. The van der Waals surface area contributed by atoms with Gasteiger partial charge in [0.25, 0.3) is 5.91 Å². The second kappa shape index (κ2) is 5.78. The van der Waals surface area contributed by atoms with Gasteiger partial charge in [0, 0.05) is 22.8 Å². The first-order chi connectivity index (χ1) is 10.1. The molecule has 4 heteroatoms. The first-order valence-electron chi connectivity index (χ1n) is 7.07. The van der Waals surface area contributed by atoms with E-state index in [0.29, 0.717) is 10.6 Å². The maximum Gasteiger partial charge on any atom is 0.251 e. The second-order valence-corrected chi connectivity index (χ2v) is 5.67. The highest BCUT2D eigenvalue weighted by molar-refractivity contribution is 6.31. The lowest BCUT2D eigenvalue weighted by Gasteiger charge is -2.16. The molecule has 0 unspecified atom stereocenters. The molecule has 2 aromatic carbocycles. The molecule has 1 amide bonds. The summed E-state index contributed by atoms with van der Waals surface area (Å²) in [4.78, 5) is 12.4. The van der Waals surface area contributed by atoms with Crippen LogP contribution in [0.5, 0.6) is 0 Å². The van der Waals surface area contributed by atoms with Crippen LogP contribution in [-0.4, -0.2) is 12.5 Å². The number of carbonyl (C=O) groups excluding carboxylic acids is 1. The fourth-order valence-electron chi connectivity index (χ4n) is 2.63. The molecule has 0 aliphatic carbocycles. The van der Waals surface area contributed by atoms with E-state index in [1.54, 1.807) is 0 Å². The quantitative estimate of drug-likeness (QED) is 0.905. The minimum Gasteiger partial charge on any atom is -0.384 e. The monoisotopic (exact) mass is 300 g/mol. The summed E-state index contributed by atoms with van der Waals surface area (Å²) in [5.41, 5.74) is 3.95. The van der Waals surface area contributed by atoms with Gasteiger partial charge in [0.1, 0.15) is 0 Å². The highest BCUT2D eigenvalue weighted by Gasteiger charge is 2.16. The molecule has 1 aliphatic rings. The van der Waals surface area contributed by atoms with E-state index in [4.69, 9.17) is 11.6 Å². The van der Waals surface area contributed by atoms with Crippen LogP contribution in [0.15, 0.2) is 42.5 Å². The van der Waals surface area contributed by atoms with Crippen LogP contribution in [-0.2, 0) is 6.42 Å². The molecule has 1 atom stereocenters. The molecule has 1 aliphatic heterocycles. The van der Waals surface area contributed by atoms with Crippen LogP contribution >= 0.6 is 11.6 Å². The molecule has 0 aromatic heterocycles. The number of fused-ring (bicyclic) bond motifs is 1. The zero-order valence-corrected chi connectivity index (χ0v) is 12.6. The van der Waals surface area contributed by atoms with Crippen LogP contribution in [0.25, 0.3) is 0 Å². The SMILES string of the molecule is C[C@H](NC(=O)c1ccc2c(c1)CCN2)c1ccccc1Cl. The Hall–Kier alpha value is -2.00. The molecule has 2 N–H and O–H groups in total. The van der Waals surface area contributed by atoms with E-state index in [2.05, 4.69) is 10.6 Å². The number of anilines is 1. The van der Waals surface area contributed by atoms with Crippen molar-refractivity contribution < 1.29 is 4.79 Å². The molecule has 0 bridgehead atoms. The van der Waals surface area contributed by atoms with E-state index < -0.39 is 0 Å². The molecule has 0 fully saturated rings. The standard InChI is InChI=1S/C17H17ClN2O/c1-11(14-4-2-3-5-15(14)18)20-17(21)13-6-7-16-12(10-13)8-9-19-16/h2-7,10-11,19H,8-9H2,1H3,(H,20,21)/t11-/m0/s1. The zero-order valence-electron chi connectivity index (χ0n) is 11.8. The van der Waals surface area contributed by atoms with Gasteiger partial charge in [-0.25, -0.2) is 0 Å². The number of hydrogen-bond donors (Lipinski definition) is 2. The Morgan fingerprint density at radius 1 is 1.29 bits per heavy atom. The van der Waals surface area contributed by atoms with Gasteiger partial charge < -0.3 is 10.6 Å². The fourth-order valence-corrected chi connectivity index (χ4v) is 2.93. The Bertz CT molecular complexity index is 684. The lowest BCUT2D eigenvalue weighted by Crippen LogP contribution is -2.26. The summed E-state index contributed by atoms with van der Waals surface area (Å²) in [5.74, 6) is -0.0721. The smallest absolute Gasteiger partial charge is 0.251 e. The van der Waals surface area contributed by atoms with Gasteiger partial charge in [-0.2, -0.15) is 0 Å². The largest absolute Gasteiger partial charge is 0.384 e. The van der Waals surface area contributed by atoms with E-state index in [0.717, 1.165) is 24.2 Å². The van der Waals surface area contributed by atoms with Crippen molar-refractivity contribution in [1.82, 2.24) is 5.32 Å². The number of halogens is 1. The average Bonchev–Trinajstić information content (AvgIpc) is 2.94. The van der Waals surface area contributed by atoms with Crippen LogP contribution in [0.2, 0.25) is 5.02 Å². The first kappa shape index (κ1) is 14.0. The second-order valence-electron chi connectivity index (χ2n) is 5.27. The zero-order chi connectivity index (χ0) is 14.8. The molecule has 1 heterocycles. The molecule has 21 heavy (non-hydrogen) atoms. The van der Waals surface area contributed by atoms with Crippen molar-refractivity contribution in [3.8, 4) is 0 Å². The number of benzene rings is 2. The highest BCUT2D eigenvalue weighted by Crippen LogP contribution is 2.25. The molecular weight excluding hydrogens is 284 g/mol. The van der Waals surface area contributed by atoms with Crippen molar-refractivity contribution in [2.45, 2.75) is 19.4 Å². The summed E-state index contributed by atoms with van der Waals surface area (Å²) in [7, 11) is 0. The third kappa shape index (κ3) is 2.88. The number of carbonyl (C=O) groups is 1. The molecule has 108 valence electrons. The van der Waals surface area contributed by atoms with E-state index in [9.17, 15) is 4.79 Å². The van der Waals surface area contributed by atoms with Gasteiger partial charge in [0.15, 0.2) is 0 Å². The Kier molecular flexibility index (Phi) is 3.84. The van der Waals surface area contributed by atoms with E-state index in [1.165, 1.54) is 5.56 Å². The number of rotatable bonds is 3. The van der Waals surface area contributed by atoms with Crippen molar-refractivity contribution in [2.75, 3.05) is 11.9 Å². The minimum atomic E-state index is -0.127. The number of nitrogens with one attached hydrogen (secondary N) is 2. The van der Waals surface area contributed by atoms with Crippen LogP contribution < -0.4 is 10.6 Å². The summed E-state index contributed by atoms with van der Waals surface area (Å²) < 4.78 is 0. The molecule has 0 saturated heterocycles. The molecule has 0 radical (unpaired) electrons. The summed E-state index contributed by atoms with van der Waals surface area (Å²) >= 11 is 6.17. The Labute approximate surface area is 129 Å². The van der Waals surface area contributed by atoms with Gasteiger partial charge in [-0.15, -0.1) is 0 Å².